The number of amides is 2. The van der Waals surface area contributed by atoms with Gasteiger partial charge in [0.2, 0.25) is 0 Å². The second-order valence-electron chi connectivity index (χ2n) is 5.79. The summed E-state index contributed by atoms with van der Waals surface area (Å²) in [7, 11) is 0. The molecular weight excluding hydrogens is 230 g/mol. The van der Waals surface area contributed by atoms with E-state index in [1.165, 1.54) is 0 Å². The van der Waals surface area contributed by atoms with Crippen LogP contribution < -0.4 is 10.6 Å². The molecule has 1 spiro atoms. The van der Waals surface area contributed by atoms with Crippen LogP contribution in [0.4, 0.5) is 4.79 Å². The van der Waals surface area contributed by atoms with E-state index in [9.17, 15) is 4.79 Å². The summed E-state index contributed by atoms with van der Waals surface area (Å²) in [5, 5.41) is 6.55. The molecule has 2 N–H and O–H groups in total. The zero-order valence-corrected chi connectivity index (χ0v) is 10.9. The van der Waals surface area contributed by atoms with Gasteiger partial charge in [0, 0.05) is 32.3 Å². The molecule has 2 amide bonds. The van der Waals surface area contributed by atoms with Crippen LogP contribution in [0.5, 0.6) is 0 Å². The largest absolute Gasteiger partial charge is 0.373 e. The first-order valence-electron chi connectivity index (χ1n) is 7.18. The molecule has 3 aliphatic heterocycles. The quantitative estimate of drug-likeness (QED) is 0.723. The summed E-state index contributed by atoms with van der Waals surface area (Å²) in [5.74, 6) is 0. The van der Waals surface area contributed by atoms with Crippen LogP contribution in [0.1, 0.15) is 32.1 Å². The molecule has 0 bridgehead atoms. The van der Waals surface area contributed by atoms with Gasteiger partial charge in [-0.05, 0) is 38.6 Å². The first-order chi connectivity index (χ1) is 8.77. The molecule has 5 nitrogen and oxygen atoms in total. The van der Waals surface area contributed by atoms with Crippen molar-refractivity contribution in [2.24, 2.45) is 0 Å². The van der Waals surface area contributed by atoms with Gasteiger partial charge >= 0.3 is 6.03 Å². The van der Waals surface area contributed by atoms with Crippen LogP contribution in [-0.4, -0.2) is 55.4 Å². The second-order valence-corrected chi connectivity index (χ2v) is 5.79. The Morgan fingerprint density at radius 2 is 2.22 bits per heavy atom. The Morgan fingerprint density at radius 1 is 1.39 bits per heavy atom. The first kappa shape index (κ1) is 12.2. The summed E-state index contributed by atoms with van der Waals surface area (Å²) in [4.78, 5) is 14.0. The normalized spacial score (nSPS) is 36.2. The summed E-state index contributed by atoms with van der Waals surface area (Å²) >= 11 is 0. The Hall–Kier alpha value is -0.810. The molecule has 102 valence electrons. The summed E-state index contributed by atoms with van der Waals surface area (Å²) in [6.07, 6.45) is 5.27. The fraction of sp³-hybridized carbons (Fsp3) is 0.923. The highest BCUT2D eigenvalue weighted by Gasteiger charge is 2.40. The number of urea groups is 1. The van der Waals surface area contributed by atoms with E-state index >= 15 is 0 Å². The summed E-state index contributed by atoms with van der Waals surface area (Å²) in [5.41, 5.74) is -0.0127. The number of hydrogen-bond acceptors (Lipinski definition) is 3. The van der Waals surface area contributed by atoms with E-state index in [1.807, 2.05) is 4.90 Å². The van der Waals surface area contributed by atoms with E-state index in [0.717, 1.165) is 64.9 Å². The van der Waals surface area contributed by atoms with Crippen LogP contribution in [0.2, 0.25) is 0 Å². The molecule has 0 aromatic rings. The van der Waals surface area contributed by atoms with Crippen LogP contribution in [-0.2, 0) is 4.74 Å². The second kappa shape index (κ2) is 5.05. The lowest BCUT2D eigenvalue weighted by molar-refractivity contribution is -0.0731. The van der Waals surface area contributed by atoms with E-state index in [2.05, 4.69) is 10.6 Å². The fourth-order valence-corrected chi connectivity index (χ4v) is 3.36. The Kier molecular flexibility index (Phi) is 3.43. The number of carbonyl (C=O) groups excluding carboxylic acids is 1. The Labute approximate surface area is 108 Å². The molecule has 18 heavy (non-hydrogen) atoms. The lowest BCUT2D eigenvalue weighted by Gasteiger charge is -2.38. The van der Waals surface area contributed by atoms with Crippen LogP contribution in [0.15, 0.2) is 0 Å². The number of rotatable bonds is 1. The molecule has 0 aromatic carbocycles. The Bertz CT molecular complexity index is 309. The lowest BCUT2D eigenvalue weighted by atomic mass is 9.89. The number of nitrogens with zero attached hydrogens (tertiary/aromatic N) is 1. The topological polar surface area (TPSA) is 53.6 Å². The summed E-state index contributed by atoms with van der Waals surface area (Å²) < 4.78 is 5.94. The maximum absolute atomic E-state index is 12.1. The SMILES string of the molecule is O=C(N[C@@H]1CCO[C@]2(CCNC2)C1)N1CCCC1. The molecule has 0 aliphatic carbocycles. The molecule has 0 unspecified atom stereocenters. The molecule has 0 radical (unpaired) electrons. The van der Waals surface area contributed by atoms with Crippen molar-refractivity contribution in [3.8, 4) is 0 Å². The molecule has 0 aromatic heterocycles. The highest BCUT2D eigenvalue weighted by atomic mass is 16.5. The number of ether oxygens (including phenoxy) is 1. The first-order valence-corrected chi connectivity index (χ1v) is 7.18. The van der Waals surface area contributed by atoms with Gasteiger partial charge in [-0.2, -0.15) is 0 Å². The van der Waals surface area contributed by atoms with Crippen LogP contribution >= 0.6 is 0 Å². The van der Waals surface area contributed by atoms with E-state index in [4.69, 9.17) is 4.74 Å². The molecule has 3 rings (SSSR count). The minimum absolute atomic E-state index is 0.0127. The van der Waals surface area contributed by atoms with Gasteiger partial charge < -0.3 is 20.3 Å². The van der Waals surface area contributed by atoms with E-state index in [-0.39, 0.29) is 17.7 Å². The average molecular weight is 253 g/mol. The zero-order valence-electron chi connectivity index (χ0n) is 10.9. The molecule has 0 saturated carbocycles. The predicted molar refractivity (Wildman–Crippen MR) is 68.5 cm³/mol. The molecule has 3 saturated heterocycles. The van der Waals surface area contributed by atoms with Crippen molar-refractivity contribution >= 4 is 6.03 Å². The van der Waals surface area contributed by atoms with Gasteiger partial charge in [-0.3, -0.25) is 0 Å². The monoisotopic (exact) mass is 253 g/mol. The highest BCUT2D eigenvalue weighted by Crippen LogP contribution is 2.30. The minimum atomic E-state index is -0.0127. The third-order valence-corrected chi connectivity index (χ3v) is 4.42. The van der Waals surface area contributed by atoms with Crippen LogP contribution in [0, 0.1) is 0 Å². The third kappa shape index (κ3) is 2.47. The predicted octanol–water partition coefficient (Wildman–Crippen LogP) is 0.703. The molecule has 3 aliphatic rings. The van der Waals surface area contributed by atoms with Crippen molar-refractivity contribution in [1.82, 2.24) is 15.5 Å². The van der Waals surface area contributed by atoms with Crippen molar-refractivity contribution in [2.45, 2.75) is 43.7 Å². The fourth-order valence-electron chi connectivity index (χ4n) is 3.36. The van der Waals surface area contributed by atoms with Crippen molar-refractivity contribution in [3.05, 3.63) is 0 Å². The lowest BCUT2D eigenvalue weighted by Crippen LogP contribution is -2.52. The van der Waals surface area contributed by atoms with Crippen molar-refractivity contribution < 1.29 is 9.53 Å². The number of nitrogens with one attached hydrogen (secondary N) is 2. The number of carbonyl (C=O) groups is 1. The van der Waals surface area contributed by atoms with E-state index in [1.54, 1.807) is 0 Å². The van der Waals surface area contributed by atoms with Crippen LogP contribution in [0.3, 0.4) is 0 Å². The molecule has 5 heteroatoms. The maximum atomic E-state index is 12.1. The van der Waals surface area contributed by atoms with Gasteiger partial charge in [-0.25, -0.2) is 4.79 Å². The van der Waals surface area contributed by atoms with Gasteiger partial charge in [0.25, 0.3) is 0 Å². The molecule has 3 heterocycles. The standard InChI is InChI=1S/C13H23N3O2/c17-12(16-6-1-2-7-16)15-11-3-8-18-13(9-11)4-5-14-10-13/h11,14H,1-10H2,(H,15,17)/t11-,13-/m1/s1. The maximum Gasteiger partial charge on any atom is 0.317 e. The van der Waals surface area contributed by atoms with Gasteiger partial charge in [0.1, 0.15) is 0 Å². The van der Waals surface area contributed by atoms with Gasteiger partial charge in [0.15, 0.2) is 0 Å². The molecule has 3 fully saturated rings. The third-order valence-electron chi connectivity index (χ3n) is 4.42. The summed E-state index contributed by atoms with van der Waals surface area (Å²) in [6.45, 7) is 4.58. The number of hydrogen-bond donors (Lipinski definition) is 2. The van der Waals surface area contributed by atoms with Crippen molar-refractivity contribution in [3.63, 3.8) is 0 Å². The van der Waals surface area contributed by atoms with Crippen LogP contribution in [0.25, 0.3) is 0 Å². The van der Waals surface area contributed by atoms with E-state index in [0.29, 0.717) is 0 Å². The summed E-state index contributed by atoms with van der Waals surface area (Å²) in [6, 6.07) is 0.409. The van der Waals surface area contributed by atoms with Gasteiger partial charge in [0.05, 0.1) is 5.60 Å². The van der Waals surface area contributed by atoms with Gasteiger partial charge in [-0.1, -0.05) is 0 Å². The van der Waals surface area contributed by atoms with Crippen molar-refractivity contribution in [1.29, 1.82) is 0 Å². The highest BCUT2D eigenvalue weighted by molar-refractivity contribution is 5.74. The van der Waals surface area contributed by atoms with E-state index < -0.39 is 0 Å². The smallest absolute Gasteiger partial charge is 0.317 e. The number of likely N-dealkylation sites (tertiary alicyclic amines) is 1. The van der Waals surface area contributed by atoms with Crippen molar-refractivity contribution in [2.75, 3.05) is 32.8 Å². The minimum Gasteiger partial charge on any atom is -0.373 e. The Morgan fingerprint density at radius 3 is 2.94 bits per heavy atom. The molecular formula is C13H23N3O2. The van der Waals surface area contributed by atoms with Gasteiger partial charge in [-0.15, -0.1) is 0 Å². The molecule has 2 atom stereocenters. The Balaban J connectivity index is 1.54. The zero-order chi connectivity index (χ0) is 12.4. The average Bonchev–Trinajstić information content (AvgIpc) is 3.01.